The maximum absolute atomic E-state index is 12.8. The van der Waals surface area contributed by atoms with Crippen LogP contribution in [0.25, 0.3) is 0 Å². The molecule has 0 heterocycles. The third kappa shape index (κ3) is 56.1. The van der Waals surface area contributed by atoms with Gasteiger partial charge >= 0.3 is 83.0 Å². The molecule has 0 fully saturated rings. The van der Waals surface area contributed by atoms with Gasteiger partial charge in [0.1, 0.15) is 30.8 Å². The zero-order valence-corrected chi connectivity index (χ0v) is 65.3. The molecular formula is C71H120Na2O20P2. The second-order valence-corrected chi connectivity index (χ2v) is 27.0. The molecule has 0 radical (unpaired) electrons. The van der Waals surface area contributed by atoms with Crippen molar-refractivity contribution in [3.05, 3.63) is 59.7 Å². The molecule has 20 nitrogen and oxygen atoms in total. The van der Waals surface area contributed by atoms with E-state index in [1.165, 1.54) is 116 Å². The molecule has 4 unspecified atom stereocenters. The zero-order valence-electron chi connectivity index (χ0n) is 59.5. The molecule has 4 atom stereocenters. The number of carbonyl (C=O) groups excluding carboxylic acids is 5. The van der Waals surface area contributed by atoms with Crippen molar-refractivity contribution in [2.45, 2.75) is 303 Å². The number of hydrogen-bond acceptors (Lipinski definition) is 20. The van der Waals surface area contributed by atoms with Crippen molar-refractivity contribution < 1.29 is 154 Å². The number of phenols is 1. The maximum atomic E-state index is 12.8. The number of methoxy groups -OCH3 is 1. The first-order valence-corrected chi connectivity index (χ1v) is 38.4. The number of esters is 4. The molecule has 0 aliphatic rings. The number of aliphatic hydroxyl groups is 1. The van der Waals surface area contributed by atoms with Gasteiger partial charge in [-0.05, 0) is 37.8 Å². The van der Waals surface area contributed by atoms with Crippen LogP contribution in [-0.2, 0) is 65.4 Å². The minimum absolute atomic E-state index is 0. The molecule has 0 amide bonds. The first-order chi connectivity index (χ1) is 44.9. The van der Waals surface area contributed by atoms with Gasteiger partial charge in [-0.2, -0.15) is 0 Å². The van der Waals surface area contributed by atoms with Crippen LogP contribution >= 0.6 is 15.6 Å². The summed E-state index contributed by atoms with van der Waals surface area (Å²) in [6.45, 7) is 4.36. The average Bonchev–Trinajstić information content (AvgIpc) is 0.949. The van der Waals surface area contributed by atoms with Crippen molar-refractivity contribution >= 4 is 45.3 Å². The molecule has 2 rings (SSSR count). The molecule has 0 bridgehead atoms. The fraction of sp³-hybridized carbons (Fsp3) is 0.761. The number of carbonyl (C=O) groups is 5. The molecular weight excluding hydrogens is 1280 g/mol. The van der Waals surface area contributed by atoms with Crippen LogP contribution in [0.5, 0.6) is 11.5 Å². The van der Waals surface area contributed by atoms with Crippen molar-refractivity contribution in [2.24, 2.45) is 0 Å². The van der Waals surface area contributed by atoms with Crippen LogP contribution in [0.4, 0.5) is 0 Å². The molecule has 0 aromatic heterocycles. The van der Waals surface area contributed by atoms with Gasteiger partial charge in [0.05, 0.1) is 39.1 Å². The first kappa shape index (κ1) is 94.8. The molecule has 0 saturated carbocycles. The van der Waals surface area contributed by atoms with Crippen molar-refractivity contribution in [1.82, 2.24) is 0 Å². The molecule has 0 aliphatic carbocycles. The van der Waals surface area contributed by atoms with Crippen LogP contribution in [0.2, 0.25) is 0 Å². The van der Waals surface area contributed by atoms with E-state index in [1.54, 1.807) is 36.4 Å². The molecule has 536 valence electrons. The minimum Gasteiger partial charge on any atom is -0.756 e. The Bertz CT molecular complexity index is 2210. The third-order valence-corrected chi connectivity index (χ3v) is 17.4. The summed E-state index contributed by atoms with van der Waals surface area (Å²) in [5, 5.41) is 20.2. The van der Waals surface area contributed by atoms with Crippen LogP contribution < -0.4 is 73.6 Å². The monoisotopic (exact) mass is 1400 g/mol. The van der Waals surface area contributed by atoms with Gasteiger partial charge in [-0.15, -0.1) is 0 Å². The molecule has 2 aromatic rings. The summed E-state index contributed by atoms with van der Waals surface area (Å²) in [5.74, 6) is -1.99. The second-order valence-electron chi connectivity index (χ2n) is 24.2. The average molecular weight is 1400 g/mol. The van der Waals surface area contributed by atoms with Crippen molar-refractivity contribution in [2.75, 3.05) is 46.8 Å². The Hall–Kier alpha value is -2.23. The Kier molecular flexibility index (Phi) is 63.8. The Labute approximate surface area is 615 Å². The van der Waals surface area contributed by atoms with Crippen LogP contribution in [0, 0.1) is 0 Å². The van der Waals surface area contributed by atoms with Crippen LogP contribution in [0.1, 0.15) is 300 Å². The van der Waals surface area contributed by atoms with Gasteiger partial charge < -0.3 is 61.8 Å². The number of aromatic hydroxyl groups is 1. The number of rotatable bonds is 61. The number of ether oxygens (including phenoxy) is 5. The number of phosphoric acid groups is 2. The molecule has 0 spiro atoms. The Morgan fingerprint density at radius 1 is 0.411 bits per heavy atom. The number of benzene rings is 2. The van der Waals surface area contributed by atoms with Crippen LogP contribution in [0.15, 0.2) is 48.5 Å². The molecule has 24 heteroatoms. The van der Waals surface area contributed by atoms with E-state index in [1.807, 2.05) is 6.07 Å². The Morgan fingerprint density at radius 2 is 0.705 bits per heavy atom. The van der Waals surface area contributed by atoms with Crippen molar-refractivity contribution in [3.63, 3.8) is 0 Å². The molecule has 0 aliphatic heterocycles. The third-order valence-electron chi connectivity index (χ3n) is 15.6. The zero-order chi connectivity index (χ0) is 68.5. The first-order valence-electron chi connectivity index (χ1n) is 35.4. The molecule has 2 aromatic carbocycles. The summed E-state index contributed by atoms with van der Waals surface area (Å²) in [7, 11) is -8.89. The number of ketones is 1. The van der Waals surface area contributed by atoms with Gasteiger partial charge in [0.2, 0.25) is 0 Å². The van der Waals surface area contributed by atoms with E-state index >= 15 is 0 Å². The normalized spacial score (nSPS) is 13.3. The summed E-state index contributed by atoms with van der Waals surface area (Å²) in [6.07, 6.45) is 34.2. The molecule has 0 saturated heterocycles. The number of aliphatic hydroxyl groups excluding tert-OH is 1. The predicted molar refractivity (Wildman–Crippen MR) is 359 cm³/mol. The van der Waals surface area contributed by atoms with Crippen molar-refractivity contribution in [3.8, 4) is 11.5 Å². The summed E-state index contributed by atoms with van der Waals surface area (Å²) in [6, 6.07) is 13.5. The number of phenolic OH excluding ortho intramolecular Hbond substituents is 1. The predicted octanol–water partition coefficient (Wildman–Crippen LogP) is 10.6. The van der Waals surface area contributed by atoms with E-state index in [4.69, 9.17) is 41.8 Å². The van der Waals surface area contributed by atoms with Crippen molar-refractivity contribution in [1.29, 1.82) is 0 Å². The number of unbranched alkanes of at least 4 members (excludes halogenated alkanes) is 32. The van der Waals surface area contributed by atoms with E-state index in [9.17, 15) is 53.1 Å². The van der Waals surface area contributed by atoms with E-state index < -0.39 is 97.5 Å². The van der Waals surface area contributed by atoms with Gasteiger partial charge in [0, 0.05) is 37.3 Å². The fourth-order valence-electron chi connectivity index (χ4n) is 9.96. The van der Waals surface area contributed by atoms with Gasteiger partial charge in [0.25, 0.3) is 15.6 Å². The molecule has 95 heavy (non-hydrogen) atoms. The quantitative estimate of drug-likeness (QED) is 0.0155. The standard InChI is InChI=1S/C57H110O17P2.C14H12O3.2Na/c1-5-9-13-17-21-25-29-33-37-41-54(59)67-47-52(73-56(61)43-39-35-31-27-23-19-15-11-7-3)49-71-75(63,64)69-45-51(58)46-70-76(65,66)72-50-53(74-57(62)44-40-36-32-28-24-20-16-12-8-4)48-68-55(60)42-38-34-30-26-22-18-14-10-6-2;1-17-11-7-8-12(13(15)9-11)14(16)10-5-3-2-4-6-10;;/h51-53,58H,5-50H2,1-4H3,(H,63,64)(H,65,66);2-9,15H,1H3;;/q;;2*+1/p-2. The maximum Gasteiger partial charge on any atom is 1.00 e. The van der Waals surface area contributed by atoms with E-state index in [2.05, 4.69) is 27.7 Å². The Morgan fingerprint density at radius 3 is 1.01 bits per heavy atom. The summed E-state index contributed by atoms with van der Waals surface area (Å²) < 4.78 is 71.6. The summed E-state index contributed by atoms with van der Waals surface area (Å²) >= 11 is 0. The fourth-order valence-corrected chi connectivity index (χ4v) is 11.5. The second kappa shape index (κ2) is 63.9. The smallest absolute Gasteiger partial charge is 0.756 e. The van der Waals surface area contributed by atoms with E-state index in [-0.39, 0.29) is 102 Å². The van der Waals surface area contributed by atoms with Gasteiger partial charge in [-0.1, -0.05) is 263 Å². The van der Waals surface area contributed by atoms with E-state index in [0.29, 0.717) is 37.0 Å². The van der Waals surface area contributed by atoms with Crippen LogP contribution in [-0.4, -0.2) is 105 Å². The van der Waals surface area contributed by atoms with E-state index in [0.717, 1.165) is 103 Å². The van der Waals surface area contributed by atoms with Gasteiger partial charge in [0.15, 0.2) is 18.0 Å². The summed E-state index contributed by atoms with van der Waals surface area (Å²) in [5.41, 5.74) is 0.824. The van der Waals surface area contributed by atoms with Gasteiger partial charge in [-0.3, -0.25) is 33.1 Å². The minimum atomic E-state index is -5.20. The van der Waals surface area contributed by atoms with Crippen LogP contribution in [0.3, 0.4) is 0 Å². The Balaban J connectivity index is 0. The van der Waals surface area contributed by atoms with Gasteiger partial charge in [-0.25, -0.2) is 0 Å². The summed E-state index contributed by atoms with van der Waals surface area (Å²) in [4.78, 5) is 88.3. The number of phosphoric ester groups is 2. The largest absolute Gasteiger partial charge is 1.00 e. The molecule has 2 N–H and O–H groups in total. The number of hydrogen-bond donors (Lipinski definition) is 2. The topological polar surface area (TPSA) is 289 Å². The SMILES string of the molecule is CCCCCCCCCCCC(=O)OCC(COP(=O)([O-])OCC(O)COP(=O)([O-])OCC(COC(=O)CCCCCCCCCCC)OC(=O)CCCCCCCCCCC)OC(=O)CCCCCCCCCCC.COc1ccc(C(=O)c2ccccc2)c(O)c1.[Na+].[Na+].